The Bertz CT molecular complexity index is 1180. The fourth-order valence-corrected chi connectivity index (χ4v) is 4.65. The molecule has 1 aliphatic rings. The fraction of sp³-hybridized carbons (Fsp3) is 0.259. The van der Waals surface area contributed by atoms with Crippen molar-refractivity contribution in [3.8, 4) is 16.9 Å². The van der Waals surface area contributed by atoms with E-state index in [0.717, 1.165) is 11.1 Å². The zero-order chi connectivity index (χ0) is 24.2. The molecule has 1 aromatic heterocycles. The van der Waals surface area contributed by atoms with Crippen molar-refractivity contribution in [2.75, 3.05) is 25.2 Å². The Kier molecular flexibility index (Phi) is 7.14. The van der Waals surface area contributed by atoms with Gasteiger partial charge in [-0.3, -0.25) is 14.5 Å². The lowest BCUT2D eigenvalue weighted by Gasteiger charge is -2.27. The van der Waals surface area contributed by atoms with Crippen LogP contribution in [-0.4, -0.2) is 37.1 Å². The largest absolute Gasteiger partial charge is 0.503 e. The molecule has 0 radical (unpaired) electrons. The van der Waals surface area contributed by atoms with Crippen molar-refractivity contribution < 1.29 is 24.2 Å². The second-order valence-electron chi connectivity index (χ2n) is 8.33. The highest BCUT2D eigenvalue weighted by Gasteiger charge is 2.44. The molecule has 7 heteroatoms. The third-order valence-corrected chi connectivity index (χ3v) is 6.43. The van der Waals surface area contributed by atoms with Gasteiger partial charge >= 0.3 is 0 Å². The van der Waals surface area contributed by atoms with Crippen LogP contribution in [0.3, 0.4) is 0 Å². The van der Waals surface area contributed by atoms with Gasteiger partial charge in [0.05, 0.1) is 18.2 Å². The number of ketones is 1. The molecule has 0 saturated heterocycles. The maximum Gasteiger partial charge on any atom is 0.294 e. The molecule has 1 atom stereocenters. The number of amides is 1. The number of rotatable bonds is 9. The molecule has 1 unspecified atom stereocenters. The molecule has 4 rings (SSSR count). The van der Waals surface area contributed by atoms with Crippen LogP contribution in [0.15, 0.2) is 76.7 Å². The number of thiophene rings is 1. The molecule has 1 N–H and O–H groups in total. The molecule has 0 spiro atoms. The van der Waals surface area contributed by atoms with Crippen LogP contribution in [0.25, 0.3) is 11.1 Å². The minimum absolute atomic E-state index is 0.120. The van der Waals surface area contributed by atoms with E-state index in [2.05, 4.69) is 5.38 Å². The molecule has 0 aliphatic carbocycles. The lowest BCUT2D eigenvalue weighted by Crippen LogP contribution is -2.31. The van der Waals surface area contributed by atoms with E-state index >= 15 is 0 Å². The van der Waals surface area contributed by atoms with E-state index in [1.807, 2.05) is 47.8 Å². The first-order chi connectivity index (χ1) is 16.4. The monoisotopic (exact) mass is 477 g/mol. The van der Waals surface area contributed by atoms with Crippen molar-refractivity contribution >= 4 is 28.7 Å². The molecule has 3 aromatic rings. The van der Waals surface area contributed by atoms with Gasteiger partial charge in [0.25, 0.3) is 5.91 Å². The number of benzene rings is 2. The Morgan fingerprint density at radius 3 is 2.32 bits per heavy atom. The molecule has 176 valence electrons. The van der Waals surface area contributed by atoms with E-state index in [0.29, 0.717) is 30.2 Å². The summed E-state index contributed by atoms with van der Waals surface area (Å²) in [4.78, 5) is 27.8. The number of anilines is 1. The van der Waals surface area contributed by atoms with Crippen molar-refractivity contribution in [1.29, 1.82) is 0 Å². The number of nitrogens with zero attached hydrogens (tertiary/aromatic N) is 1. The molecule has 1 aliphatic heterocycles. The maximum absolute atomic E-state index is 13.2. The Morgan fingerprint density at radius 2 is 1.74 bits per heavy atom. The van der Waals surface area contributed by atoms with Crippen molar-refractivity contribution in [2.45, 2.75) is 19.9 Å². The van der Waals surface area contributed by atoms with Gasteiger partial charge in [0, 0.05) is 18.7 Å². The normalized spacial score (nSPS) is 15.9. The number of methoxy groups -OCH3 is 1. The molecule has 1 amide bonds. The average Bonchev–Trinajstić information content (AvgIpc) is 3.47. The Hall–Kier alpha value is -3.42. The van der Waals surface area contributed by atoms with Gasteiger partial charge in [-0.1, -0.05) is 38.1 Å². The van der Waals surface area contributed by atoms with Gasteiger partial charge < -0.3 is 14.6 Å². The van der Waals surface area contributed by atoms with Crippen LogP contribution in [0.1, 0.15) is 25.5 Å². The van der Waals surface area contributed by atoms with Gasteiger partial charge in [0.2, 0.25) is 0 Å². The number of aliphatic hydroxyl groups excluding tert-OH is 1. The van der Waals surface area contributed by atoms with Crippen LogP contribution in [0, 0.1) is 5.92 Å². The van der Waals surface area contributed by atoms with Gasteiger partial charge in [-0.25, -0.2) is 0 Å². The van der Waals surface area contributed by atoms with Crippen LogP contribution in [0.4, 0.5) is 5.69 Å². The third kappa shape index (κ3) is 4.62. The summed E-state index contributed by atoms with van der Waals surface area (Å²) < 4.78 is 10.7. The smallest absolute Gasteiger partial charge is 0.294 e. The van der Waals surface area contributed by atoms with Gasteiger partial charge in [0.15, 0.2) is 11.5 Å². The number of hydrogen-bond acceptors (Lipinski definition) is 6. The molecule has 0 fully saturated rings. The zero-order valence-electron chi connectivity index (χ0n) is 19.4. The lowest BCUT2D eigenvalue weighted by atomic mass is 9.91. The average molecular weight is 478 g/mol. The first kappa shape index (κ1) is 23.7. The van der Waals surface area contributed by atoms with E-state index in [1.54, 1.807) is 44.4 Å². The lowest BCUT2D eigenvalue weighted by molar-refractivity contribution is -0.119. The summed E-state index contributed by atoms with van der Waals surface area (Å²) in [5, 5.41) is 14.8. The summed E-state index contributed by atoms with van der Waals surface area (Å²) in [7, 11) is 1.61. The minimum atomic E-state index is -0.734. The number of carbonyl (C=O) groups excluding carboxylic acids is 2. The molecule has 0 bridgehead atoms. The summed E-state index contributed by atoms with van der Waals surface area (Å²) in [6.45, 7) is 4.40. The highest BCUT2D eigenvalue weighted by Crippen LogP contribution is 2.42. The second-order valence-corrected chi connectivity index (χ2v) is 9.11. The topological polar surface area (TPSA) is 76.1 Å². The standard InChI is InChI=1S/C27H27NO5S/c1-17(2)25(29)23-24(19-6-10-22(11-7-19)33-14-13-32-3)28(27(31)26(23)30)21-8-4-18(5-9-21)20-12-15-34-16-20/h4-12,15-17,24,30H,13-14H2,1-3H3. The quantitative estimate of drug-likeness (QED) is 0.408. The number of Topliss-reactive ketones (excluding diaryl/α,β-unsaturated/α-hetero) is 1. The number of hydrogen-bond donors (Lipinski definition) is 1. The van der Waals surface area contributed by atoms with E-state index in [4.69, 9.17) is 9.47 Å². The Balaban J connectivity index is 1.71. The highest BCUT2D eigenvalue weighted by molar-refractivity contribution is 7.08. The first-order valence-electron chi connectivity index (χ1n) is 11.1. The number of carbonyl (C=O) groups is 2. The van der Waals surface area contributed by atoms with Crippen molar-refractivity contribution in [3.05, 3.63) is 82.3 Å². The van der Waals surface area contributed by atoms with Gasteiger partial charge in [0.1, 0.15) is 12.4 Å². The SMILES string of the molecule is COCCOc1ccc(C2C(C(=O)C(C)C)=C(O)C(=O)N2c2ccc(-c3ccsc3)cc2)cc1. The van der Waals surface area contributed by atoms with Gasteiger partial charge in [-0.05, 0) is 57.8 Å². The summed E-state index contributed by atoms with van der Waals surface area (Å²) >= 11 is 1.62. The fourth-order valence-electron chi connectivity index (χ4n) is 3.98. The summed E-state index contributed by atoms with van der Waals surface area (Å²) in [6, 6.07) is 16.1. The highest BCUT2D eigenvalue weighted by atomic mass is 32.1. The Labute approximate surface area is 203 Å². The summed E-state index contributed by atoms with van der Waals surface area (Å²) in [6.07, 6.45) is 0. The first-order valence-corrected chi connectivity index (χ1v) is 12.0. The molecule has 0 saturated carbocycles. The minimum Gasteiger partial charge on any atom is -0.503 e. The molecule has 2 aromatic carbocycles. The summed E-state index contributed by atoms with van der Waals surface area (Å²) in [5.74, 6) is -1.05. The van der Waals surface area contributed by atoms with Crippen LogP contribution < -0.4 is 9.64 Å². The van der Waals surface area contributed by atoms with Crippen molar-refractivity contribution in [1.82, 2.24) is 0 Å². The van der Waals surface area contributed by atoms with Crippen LogP contribution in [-0.2, 0) is 14.3 Å². The number of ether oxygens (including phenoxy) is 2. The van der Waals surface area contributed by atoms with Crippen molar-refractivity contribution in [2.24, 2.45) is 5.92 Å². The van der Waals surface area contributed by atoms with E-state index in [1.165, 1.54) is 4.90 Å². The molecule has 2 heterocycles. The van der Waals surface area contributed by atoms with Crippen LogP contribution in [0.5, 0.6) is 5.75 Å². The Morgan fingerprint density at radius 1 is 1.03 bits per heavy atom. The molecular weight excluding hydrogens is 450 g/mol. The molecule has 6 nitrogen and oxygen atoms in total. The van der Waals surface area contributed by atoms with E-state index in [9.17, 15) is 14.7 Å². The number of aliphatic hydroxyl groups is 1. The summed E-state index contributed by atoms with van der Waals surface area (Å²) in [5.41, 5.74) is 3.56. The van der Waals surface area contributed by atoms with Gasteiger partial charge in [-0.2, -0.15) is 11.3 Å². The van der Waals surface area contributed by atoms with E-state index < -0.39 is 17.7 Å². The van der Waals surface area contributed by atoms with Crippen LogP contribution >= 0.6 is 11.3 Å². The van der Waals surface area contributed by atoms with E-state index in [-0.39, 0.29) is 17.3 Å². The zero-order valence-corrected chi connectivity index (χ0v) is 20.2. The predicted octanol–water partition coefficient (Wildman–Crippen LogP) is 5.57. The van der Waals surface area contributed by atoms with Gasteiger partial charge in [-0.15, -0.1) is 0 Å². The molecular formula is C27H27NO5S. The second kappa shape index (κ2) is 10.2. The van der Waals surface area contributed by atoms with Crippen LogP contribution in [0.2, 0.25) is 0 Å². The maximum atomic E-state index is 13.2. The predicted molar refractivity (Wildman–Crippen MR) is 133 cm³/mol. The third-order valence-electron chi connectivity index (χ3n) is 5.75. The molecule has 34 heavy (non-hydrogen) atoms. The van der Waals surface area contributed by atoms with Crippen molar-refractivity contribution in [3.63, 3.8) is 0 Å².